The first kappa shape index (κ1) is 9.86. The molecule has 3 nitrogen and oxygen atoms in total. The van der Waals surface area contributed by atoms with E-state index in [0.29, 0.717) is 0 Å². The average Bonchev–Trinajstić information content (AvgIpc) is 2.47. The topological polar surface area (TPSA) is 29.5 Å². The molecule has 0 bridgehead atoms. The van der Waals surface area contributed by atoms with Crippen LogP contribution in [0.25, 0.3) is 0 Å². The maximum atomic E-state index is 11.4. The minimum absolute atomic E-state index is 0.0839. The van der Waals surface area contributed by atoms with Gasteiger partial charge >= 0.3 is 5.97 Å². The molecule has 0 N–H and O–H groups in total. The van der Waals surface area contributed by atoms with Crippen LogP contribution in [0.5, 0.6) is 0 Å². The summed E-state index contributed by atoms with van der Waals surface area (Å²) in [5, 5.41) is 0. The van der Waals surface area contributed by atoms with E-state index in [4.69, 9.17) is 4.74 Å². The van der Waals surface area contributed by atoms with Crippen molar-refractivity contribution in [1.82, 2.24) is 4.90 Å². The van der Waals surface area contributed by atoms with Crippen LogP contribution in [0, 0.1) is 0 Å². The van der Waals surface area contributed by atoms with Crippen molar-refractivity contribution in [2.24, 2.45) is 0 Å². The highest BCUT2D eigenvalue weighted by molar-refractivity contribution is 8.00. The first-order valence-corrected chi connectivity index (χ1v) is 5.19. The van der Waals surface area contributed by atoms with Gasteiger partial charge in [-0.3, -0.25) is 4.79 Å². The molecule has 0 aromatic heterocycles. The highest BCUT2D eigenvalue weighted by Gasteiger charge is 2.43. The minimum Gasteiger partial charge on any atom is -0.468 e. The quantitative estimate of drug-likeness (QED) is 0.595. The van der Waals surface area contributed by atoms with E-state index in [-0.39, 0.29) is 10.7 Å². The minimum atomic E-state index is -0.302. The van der Waals surface area contributed by atoms with Gasteiger partial charge in [0.15, 0.2) is 0 Å². The maximum absolute atomic E-state index is 11.4. The SMILES string of the molecule is COC(=O)C1(SC)CCN(C)C1. The predicted molar refractivity (Wildman–Crippen MR) is 50.4 cm³/mol. The highest BCUT2D eigenvalue weighted by Crippen LogP contribution is 2.33. The number of thioether (sulfide) groups is 1. The Morgan fingerprint density at radius 1 is 1.67 bits per heavy atom. The molecule has 1 aliphatic rings. The van der Waals surface area contributed by atoms with E-state index in [1.165, 1.54) is 7.11 Å². The Labute approximate surface area is 77.4 Å². The van der Waals surface area contributed by atoms with Crippen LogP contribution in [0.2, 0.25) is 0 Å². The number of likely N-dealkylation sites (tertiary alicyclic amines) is 1. The standard InChI is InChI=1S/C8H15NO2S/c1-9-5-4-8(6-9,12-3)7(10)11-2/h4-6H2,1-3H3. The number of nitrogens with zero attached hydrogens (tertiary/aromatic N) is 1. The van der Waals surface area contributed by atoms with Crippen LogP contribution in [0.15, 0.2) is 0 Å². The first-order chi connectivity index (χ1) is 5.64. The molecule has 1 unspecified atom stereocenters. The molecule has 1 fully saturated rings. The molecule has 0 aromatic carbocycles. The summed E-state index contributed by atoms with van der Waals surface area (Å²) in [7, 11) is 3.49. The maximum Gasteiger partial charge on any atom is 0.323 e. The van der Waals surface area contributed by atoms with Gasteiger partial charge in [-0.2, -0.15) is 0 Å². The lowest BCUT2D eigenvalue weighted by Gasteiger charge is -2.22. The molecule has 1 atom stereocenters. The summed E-state index contributed by atoms with van der Waals surface area (Å²) in [6, 6.07) is 0. The number of ether oxygens (including phenoxy) is 1. The van der Waals surface area contributed by atoms with E-state index in [1.54, 1.807) is 11.8 Å². The zero-order chi connectivity index (χ0) is 9.19. The van der Waals surface area contributed by atoms with Crippen molar-refractivity contribution >= 4 is 17.7 Å². The van der Waals surface area contributed by atoms with Crippen molar-refractivity contribution in [1.29, 1.82) is 0 Å². The number of hydrogen-bond donors (Lipinski definition) is 0. The first-order valence-electron chi connectivity index (χ1n) is 3.97. The lowest BCUT2D eigenvalue weighted by atomic mass is 10.1. The van der Waals surface area contributed by atoms with E-state index >= 15 is 0 Å². The van der Waals surface area contributed by atoms with E-state index in [9.17, 15) is 4.79 Å². The second-order valence-electron chi connectivity index (χ2n) is 3.18. The van der Waals surface area contributed by atoms with Gasteiger partial charge in [0.25, 0.3) is 0 Å². The molecule has 1 saturated heterocycles. The Morgan fingerprint density at radius 2 is 2.33 bits per heavy atom. The lowest BCUT2D eigenvalue weighted by molar-refractivity contribution is -0.143. The number of carbonyl (C=O) groups is 1. The zero-order valence-corrected chi connectivity index (χ0v) is 8.61. The molecule has 1 heterocycles. The van der Waals surface area contributed by atoms with Crippen molar-refractivity contribution in [3.8, 4) is 0 Å². The molecule has 0 spiro atoms. The number of methoxy groups -OCH3 is 1. The number of rotatable bonds is 2. The van der Waals surface area contributed by atoms with E-state index in [2.05, 4.69) is 4.90 Å². The third kappa shape index (κ3) is 1.59. The Kier molecular flexibility index (Phi) is 3.01. The number of carbonyl (C=O) groups excluding carboxylic acids is 1. The fourth-order valence-corrected chi connectivity index (χ4v) is 2.46. The third-order valence-corrected chi connectivity index (χ3v) is 3.65. The Balaban J connectivity index is 2.70. The summed E-state index contributed by atoms with van der Waals surface area (Å²) in [6.45, 7) is 1.79. The third-order valence-electron chi connectivity index (χ3n) is 2.37. The molecular formula is C8H15NO2S. The Bertz CT molecular complexity index is 186. The van der Waals surface area contributed by atoms with Crippen molar-refractivity contribution in [3.05, 3.63) is 0 Å². The van der Waals surface area contributed by atoms with Gasteiger partial charge < -0.3 is 9.64 Å². The molecule has 0 radical (unpaired) electrons. The van der Waals surface area contributed by atoms with Gasteiger partial charge in [0, 0.05) is 6.54 Å². The van der Waals surface area contributed by atoms with E-state index in [0.717, 1.165) is 19.5 Å². The fraction of sp³-hybridized carbons (Fsp3) is 0.875. The Hall–Kier alpha value is -0.220. The summed E-state index contributed by atoms with van der Waals surface area (Å²) in [5.41, 5.74) is 0. The van der Waals surface area contributed by atoms with Gasteiger partial charge in [-0.1, -0.05) is 0 Å². The van der Waals surface area contributed by atoms with Crippen molar-refractivity contribution in [3.63, 3.8) is 0 Å². The largest absolute Gasteiger partial charge is 0.468 e. The monoisotopic (exact) mass is 189 g/mol. The van der Waals surface area contributed by atoms with Crippen LogP contribution in [-0.2, 0) is 9.53 Å². The predicted octanol–water partition coefficient (Wildman–Crippen LogP) is 0.597. The van der Waals surface area contributed by atoms with Crippen molar-refractivity contribution < 1.29 is 9.53 Å². The van der Waals surface area contributed by atoms with Gasteiger partial charge in [-0.15, -0.1) is 11.8 Å². The Morgan fingerprint density at radius 3 is 2.67 bits per heavy atom. The van der Waals surface area contributed by atoms with Crippen LogP contribution in [0.4, 0.5) is 0 Å². The number of hydrogen-bond acceptors (Lipinski definition) is 4. The summed E-state index contributed by atoms with van der Waals surface area (Å²) in [6.07, 6.45) is 2.87. The van der Waals surface area contributed by atoms with Gasteiger partial charge in [0.05, 0.1) is 7.11 Å². The van der Waals surface area contributed by atoms with Gasteiger partial charge in [0.1, 0.15) is 4.75 Å². The molecule has 0 amide bonds. The molecule has 1 aliphatic heterocycles. The molecule has 4 heteroatoms. The average molecular weight is 189 g/mol. The van der Waals surface area contributed by atoms with E-state index < -0.39 is 0 Å². The summed E-state index contributed by atoms with van der Waals surface area (Å²) >= 11 is 1.60. The van der Waals surface area contributed by atoms with Gasteiger partial charge in [-0.25, -0.2) is 0 Å². The second-order valence-corrected chi connectivity index (χ2v) is 4.37. The lowest BCUT2D eigenvalue weighted by Crippen LogP contribution is -2.38. The van der Waals surface area contributed by atoms with E-state index in [1.807, 2.05) is 13.3 Å². The molecule has 0 aromatic rings. The summed E-state index contributed by atoms with van der Waals surface area (Å²) in [4.78, 5) is 13.6. The molecule has 12 heavy (non-hydrogen) atoms. The van der Waals surface area contributed by atoms with Crippen molar-refractivity contribution in [2.75, 3.05) is 33.5 Å². The molecule has 0 aliphatic carbocycles. The highest BCUT2D eigenvalue weighted by atomic mass is 32.2. The van der Waals surface area contributed by atoms with Crippen LogP contribution in [0.3, 0.4) is 0 Å². The molecular weight excluding hydrogens is 174 g/mol. The van der Waals surface area contributed by atoms with Crippen LogP contribution < -0.4 is 0 Å². The second kappa shape index (κ2) is 3.66. The zero-order valence-electron chi connectivity index (χ0n) is 7.79. The van der Waals surface area contributed by atoms with Crippen LogP contribution in [0.1, 0.15) is 6.42 Å². The van der Waals surface area contributed by atoms with Gasteiger partial charge in [0.2, 0.25) is 0 Å². The van der Waals surface area contributed by atoms with Gasteiger partial charge in [-0.05, 0) is 26.3 Å². The fourth-order valence-electron chi connectivity index (χ4n) is 1.57. The van der Waals surface area contributed by atoms with Crippen LogP contribution in [-0.4, -0.2) is 49.1 Å². The normalized spacial score (nSPS) is 30.6. The molecule has 0 saturated carbocycles. The summed E-state index contributed by atoms with van der Waals surface area (Å²) < 4.78 is 4.49. The smallest absolute Gasteiger partial charge is 0.323 e. The number of esters is 1. The molecule has 70 valence electrons. The van der Waals surface area contributed by atoms with Crippen molar-refractivity contribution in [2.45, 2.75) is 11.2 Å². The molecule has 1 rings (SSSR count). The summed E-state index contributed by atoms with van der Waals surface area (Å²) in [5.74, 6) is -0.0839. The van der Waals surface area contributed by atoms with Crippen LogP contribution >= 0.6 is 11.8 Å².